The van der Waals surface area contributed by atoms with Gasteiger partial charge in [0.1, 0.15) is 28.9 Å². The van der Waals surface area contributed by atoms with E-state index in [1.165, 1.54) is 0 Å². The van der Waals surface area contributed by atoms with E-state index in [-0.39, 0.29) is 47.7 Å². The summed E-state index contributed by atoms with van der Waals surface area (Å²) >= 11 is 6.39. The number of nitrogen functional groups attached to an aromatic ring is 2. The van der Waals surface area contributed by atoms with E-state index in [0.29, 0.717) is 28.2 Å². The van der Waals surface area contributed by atoms with Crippen LogP contribution in [0.1, 0.15) is 57.5 Å². The van der Waals surface area contributed by atoms with E-state index in [1.54, 1.807) is 43.5 Å². The van der Waals surface area contributed by atoms with Crippen LogP contribution in [0.25, 0.3) is 10.9 Å². The van der Waals surface area contributed by atoms with Crippen LogP contribution in [-0.4, -0.2) is 37.8 Å². The molecule has 1 atom stereocenters. The van der Waals surface area contributed by atoms with E-state index >= 15 is 0 Å². The summed E-state index contributed by atoms with van der Waals surface area (Å²) in [5, 5.41) is 16.2. The lowest BCUT2D eigenvalue weighted by Crippen LogP contribution is -2.34. The fraction of sp³-hybridized carbons (Fsp3) is 0.440. The molecule has 1 saturated carbocycles. The summed E-state index contributed by atoms with van der Waals surface area (Å²) in [6.07, 6.45) is 1.67. The first-order valence-corrected chi connectivity index (χ1v) is 12.6. The fourth-order valence-electron chi connectivity index (χ4n) is 4.12. The lowest BCUT2D eigenvalue weighted by molar-refractivity contribution is 0.0526. The van der Waals surface area contributed by atoms with Crippen molar-refractivity contribution in [3.8, 4) is 6.07 Å². The molecule has 1 aromatic carbocycles. The normalized spacial score (nSPS) is 14.1. The average Bonchev–Trinajstić information content (AvgIpc) is 3.65. The van der Waals surface area contributed by atoms with Gasteiger partial charge in [-0.15, -0.1) is 0 Å². The van der Waals surface area contributed by atoms with Gasteiger partial charge in [0.05, 0.1) is 22.0 Å². The van der Waals surface area contributed by atoms with Crippen molar-refractivity contribution in [2.75, 3.05) is 23.3 Å². The quantitative estimate of drug-likeness (QED) is 0.309. The molecule has 2 heterocycles. The van der Waals surface area contributed by atoms with Crippen LogP contribution in [0.4, 0.5) is 22.4 Å². The van der Waals surface area contributed by atoms with Crippen LogP contribution >= 0.6 is 11.6 Å². The SMILES string of the molecule is CC(C)(C)OC(=O)NCCCn1c([C@@H](Nc2nc(N)nc(N)c2C#N)C2CC2)nc2cccc(Cl)c2c1=O. The van der Waals surface area contributed by atoms with Gasteiger partial charge in [-0.3, -0.25) is 9.36 Å². The Labute approximate surface area is 224 Å². The number of nitrogens with two attached hydrogens (primary N) is 2. The first-order valence-electron chi connectivity index (χ1n) is 12.2. The van der Waals surface area contributed by atoms with Gasteiger partial charge in [0, 0.05) is 13.1 Å². The Kier molecular flexibility index (Phi) is 7.59. The number of nitrogens with one attached hydrogen (secondary N) is 2. The first-order chi connectivity index (χ1) is 18.0. The Bertz CT molecular complexity index is 1470. The lowest BCUT2D eigenvalue weighted by Gasteiger charge is -2.24. The molecule has 1 amide bonds. The van der Waals surface area contributed by atoms with Gasteiger partial charge in [0.25, 0.3) is 5.56 Å². The van der Waals surface area contributed by atoms with E-state index in [2.05, 4.69) is 20.6 Å². The van der Waals surface area contributed by atoms with Gasteiger partial charge in [-0.1, -0.05) is 17.7 Å². The van der Waals surface area contributed by atoms with Crippen molar-refractivity contribution in [3.05, 3.63) is 45.0 Å². The number of nitriles is 1. The highest BCUT2D eigenvalue weighted by Gasteiger charge is 2.37. The largest absolute Gasteiger partial charge is 0.444 e. The third kappa shape index (κ3) is 6.06. The van der Waals surface area contributed by atoms with Crippen LogP contribution in [0.3, 0.4) is 0 Å². The summed E-state index contributed by atoms with van der Waals surface area (Å²) in [5.74, 6) is 0.647. The fourth-order valence-corrected chi connectivity index (χ4v) is 4.37. The third-order valence-electron chi connectivity index (χ3n) is 5.92. The number of halogens is 1. The highest BCUT2D eigenvalue weighted by atomic mass is 35.5. The number of carbonyl (C=O) groups excluding carboxylic acids is 1. The summed E-state index contributed by atoms with van der Waals surface area (Å²) < 4.78 is 6.84. The maximum Gasteiger partial charge on any atom is 0.407 e. The number of aromatic nitrogens is 4. The van der Waals surface area contributed by atoms with Crippen molar-refractivity contribution < 1.29 is 9.53 Å². The molecule has 1 fully saturated rings. The zero-order valence-electron chi connectivity index (χ0n) is 21.4. The molecule has 0 aliphatic heterocycles. The summed E-state index contributed by atoms with van der Waals surface area (Å²) in [6.45, 7) is 5.88. The molecular formula is C25H30ClN9O3. The lowest BCUT2D eigenvalue weighted by atomic mass is 10.1. The number of benzene rings is 1. The van der Waals surface area contributed by atoms with Crippen molar-refractivity contribution in [2.24, 2.45) is 5.92 Å². The first kappa shape index (κ1) is 26.9. The summed E-state index contributed by atoms with van der Waals surface area (Å²) in [5.41, 5.74) is 11.3. The molecule has 1 aliphatic carbocycles. The number of ether oxygens (including phenoxy) is 1. The van der Waals surface area contributed by atoms with Gasteiger partial charge in [-0.05, 0) is 58.1 Å². The second-order valence-corrected chi connectivity index (χ2v) is 10.5. The zero-order valence-corrected chi connectivity index (χ0v) is 22.2. The Hall–Kier alpha value is -4.11. The van der Waals surface area contributed by atoms with Crippen LogP contribution < -0.4 is 27.7 Å². The smallest absolute Gasteiger partial charge is 0.407 e. The number of anilines is 3. The Morgan fingerprint density at radius 3 is 2.68 bits per heavy atom. The van der Waals surface area contributed by atoms with Crippen molar-refractivity contribution in [1.82, 2.24) is 24.8 Å². The molecule has 6 N–H and O–H groups in total. The molecule has 2 aromatic heterocycles. The number of carbonyl (C=O) groups is 1. The molecule has 0 spiro atoms. The number of amides is 1. The summed E-state index contributed by atoms with van der Waals surface area (Å²) in [6, 6.07) is 6.65. The molecule has 0 saturated heterocycles. The van der Waals surface area contributed by atoms with E-state index in [0.717, 1.165) is 12.8 Å². The third-order valence-corrected chi connectivity index (χ3v) is 6.23. The van der Waals surface area contributed by atoms with Crippen molar-refractivity contribution >= 4 is 46.2 Å². The van der Waals surface area contributed by atoms with Gasteiger partial charge in [-0.2, -0.15) is 15.2 Å². The number of rotatable bonds is 8. The second-order valence-electron chi connectivity index (χ2n) is 10.1. The van der Waals surface area contributed by atoms with E-state index < -0.39 is 17.7 Å². The van der Waals surface area contributed by atoms with Gasteiger partial charge < -0.3 is 26.8 Å². The molecule has 0 bridgehead atoms. The maximum absolute atomic E-state index is 13.7. The topological polar surface area (TPSA) is 187 Å². The van der Waals surface area contributed by atoms with Gasteiger partial charge in [0.2, 0.25) is 5.95 Å². The van der Waals surface area contributed by atoms with Gasteiger partial charge >= 0.3 is 6.09 Å². The molecular weight excluding hydrogens is 510 g/mol. The predicted octanol–water partition coefficient (Wildman–Crippen LogP) is 3.35. The van der Waals surface area contributed by atoms with Crippen molar-refractivity contribution in [2.45, 2.75) is 58.2 Å². The van der Waals surface area contributed by atoms with Crippen LogP contribution in [-0.2, 0) is 11.3 Å². The summed E-state index contributed by atoms with van der Waals surface area (Å²) in [4.78, 5) is 38.6. The number of fused-ring (bicyclic) bond motifs is 1. The molecule has 0 radical (unpaired) electrons. The number of alkyl carbamates (subject to hydrolysis) is 1. The van der Waals surface area contributed by atoms with E-state index in [1.807, 2.05) is 6.07 Å². The molecule has 13 heteroatoms. The summed E-state index contributed by atoms with van der Waals surface area (Å²) in [7, 11) is 0. The standard InChI is InChI=1S/C25H30ClN9O3/c1-25(2,3)38-24(37)30-10-5-11-35-21(31-16-7-4-6-15(26)17(16)22(35)36)18(13-8-9-13)32-20-14(12-27)19(28)33-23(29)34-20/h4,6-7,13,18H,5,8-11H2,1-3H3,(H,30,37)(H5,28,29,32,33,34)/t18-/m0/s1. The molecule has 200 valence electrons. The molecule has 3 aromatic rings. The minimum absolute atomic E-state index is 0.0408. The maximum atomic E-state index is 13.7. The molecule has 38 heavy (non-hydrogen) atoms. The van der Waals surface area contributed by atoms with Crippen LogP contribution in [0, 0.1) is 17.2 Å². The minimum atomic E-state index is -0.619. The van der Waals surface area contributed by atoms with Gasteiger partial charge in [0.15, 0.2) is 5.82 Å². The van der Waals surface area contributed by atoms with Crippen molar-refractivity contribution in [1.29, 1.82) is 5.26 Å². The Morgan fingerprint density at radius 1 is 1.29 bits per heavy atom. The molecule has 12 nitrogen and oxygen atoms in total. The van der Waals surface area contributed by atoms with E-state index in [9.17, 15) is 14.9 Å². The molecule has 0 unspecified atom stereocenters. The Morgan fingerprint density at radius 2 is 2.03 bits per heavy atom. The van der Waals surface area contributed by atoms with Crippen LogP contribution in [0.5, 0.6) is 0 Å². The van der Waals surface area contributed by atoms with Gasteiger partial charge in [-0.25, -0.2) is 9.78 Å². The monoisotopic (exact) mass is 539 g/mol. The Balaban J connectivity index is 1.70. The molecule has 4 rings (SSSR count). The number of nitrogens with zero attached hydrogens (tertiary/aromatic N) is 5. The van der Waals surface area contributed by atoms with Crippen LogP contribution in [0.2, 0.25) is 5.02 Å². The minimum Gasteiger partial charge on any atom is -0.444 e. The number of hydrogen-bond donors (Lipinski definition) is 4. The highest BCUT2D eigenvalue weighted by Crippen LogP contribution is 2.43. The van der Waals surface area contributed by atoms with Crippen LogP contribution in [0.15, 0.2) is 23.0 Å². The number of hydrogen-bond acceptors (Lipinski definition) is 10. The zero-order chi connectivity index (χ0) is 27.6. The van der Waals surface area contributed by atoms with Crippen molar-refractivity contribution in [3.63, 3.8) is 0 Å². The average molecular weight is 540 g/mol. The second kappa shape index (κ2) is 10.7. The molecule has 1 aliphatic rings. The highest BCUT2D eigenvalue weighted by molar-refractivity contribution is 6.35. The van der Waals surface area contributed by atoms with E-state index in [4.69, 9.17) is 32.8 Å². The predicted molar refractivity (Wildman–Crippen MR) is 145 cm³/mol.